The van der Waals surface area contributed by atoms with Crippen LogP contribution in [0, 0.1) is 0 Å². The summed E-state index contributed by atoms with van der Waals surface area (Å²) in [5, 5.41) is 9.57. The van der Waals surface area contributed by atoms with E-state index < -0.39 is 0 Å². The lowest BCUT2D eigenvalue weighted by Crippen LogP contribution is -2.17. The summed E-state index contributed by atoms with van der Waals surface area (Å²) >= 11 is 1.71. The lowest BCUT2D eigenvalue weighted by molar-refractivity contribution is 0.152. The summed E-state index contributed by atoms with van der Waals surface area (Å²) in [6.45, 7) is -0.0225. The average Bonchev–Trinajstić information content (AvgIpc) is 3.00. The van der Waals surface area contributed by atoms with E-state index in [9.17, 15) is 5.11 Å². The molecule has 1 heterocycles. The fourth-order valence-electron chi connectivity index (χ4n) is 2.39. The zero-order valence-corrected chi connectivity index (χ0v) is 12.6. The van der Waals surface area contributed by atoms with E-state index in [4.69, 9.17) is 4.74 Å². The maximum absolute atomic E-state index is 9.57. The summed E-state index contributed by atoms with van der Waals surface area (Å²) in [4.78, 5) is 5.73. The molecule has 0 spiro atoms. The number of aliphatic hydroxyl groups is 1. The molecule has 4 heteroatoms. The van der Waals surface area contributed by atoms with E-state index in [0.717, 1.165) is 11.1 Å². The number of rotatable bonds is 4. The van der Waals surface area contributed by atoms with Crippen LogP contribution in [0.3, 0.4) is 0 Å². The van der Waals surface area contributed by atoms with Crippen LogP contribution in [0.4, 0.5) is 0 Å². The number of hydrogen-bond donors (Lipinski definition) is 1. The predicted molar refractivity (Wildman–Crippen MR) is 85.9 cm³/mol. The van der Waals surface area contributed by atoms with E-state index >= 15 is 0 Å². The topological polar surface area (TPSA) is 41.8 Å². The molecule has 1 aliphatic rings. The van der Waals surface area contributed by atoms with Gasteiger partial charge in [0, 0.05) is 10.5 Å². The van der Waals surface area contributed by atoms with Gasteiger partial charge in [0.15, 0.2) is 6.10 Å². The first-order valence-electron chi connectivity index (χ1n) is 6.86. The van der Waals surface area contributed by atoms with E-state index in [1.165, 1.54) is 4.90 Å². The van der Waals surface area contributed by atoms with E-state index in [1.54, 1.807) is 11.8 Å². The van der Waals surface area contributed by atoms with Crippen LogP contribution in [0.25, 0.3) is 0 Å². The highest BCUT2D eigenvalue weighted by Crippen LogP contribution is 2.31. The van der Waals surface area contributed by atoms with Gasteiger partial charge >= 0.3 is 0 Å². The van der Waals surface area contributed by atoms with Crippen molar-refractivity contribution in [3.8, 4) is 0 Å². The number of hydrogen-bond acceptors (Lipinski definition) is 4. The zero-order chi connectivity index (χ0) is 14.7. The maximum Gasteiger partial charge on any atom is 0.217 e. The van der Waals surface area contributed by atoms with Gasteiger partial charge in [0.05, 0.1) is 6.61 Å². The second-order valence-electron chi connectivity index (χ2n) is 4.86. The number of benzene rings is 2. The quantitative estimate of drug-likeness (QED) is 0.881. The van der Waals surface area contributed by atoms with Crippen molar-refractivity contribution < 1.29 is 9.84 Å². The molecule has 0 bridgehead atoms. The summed E-state index contributed by atoms with van der Waals surface area (Å²) < 4.78 is 5.99. The van der Waals surface area contributed by atoms with Crippen LogP contribution < -0.4 is 0 Å². The van der Waals surface area contributed by atoms with Gasteiger partial charge in [-0.05, 0) is 36.1 Å². The van der Waals surface area contributed by atoms with Crippen LogP contribution in [0.1, 0.15) is 17.2 Å². The fourth-order valence-corrected chi connectivity index (χ4v) is 2.80. The van der Waals surface area contributed by atoms with Gasteiger partial charge in [0.25, 0.3) is 0 Å². The maximum atomic E-state index is 9.57. The van der Waals surface area contributed by atoms with Crippen LogP contribution in [0.2, 0.25) is 0 Å². The molecule has 0 unspecified atom stereocenters. The molecule has 1 N–H and O–H groups in total. The Bertz CT molecular complexity index is 625. The van der Waals surface area contributed by atoms with Gasteiger partial charge in [-0.25, -0.2) is 4.99 Å². The molecule has 0 radical (unpaired) electrons. The first kappa shape index (κ1) is 14.2. The molecule has 0 amide bonds. The van der Waals surface area contributed by atoms with Crippen molar-refractivity contribution in [3.05, 3.63) is 65.7 Å². The number of nitrogens with zero attached hydrogens (tertiary/aromatic N) is 1. The molecule has 1 aliphatic heterocycles. The van der Waals surface area contributed by atoms with Crippen LogP contribution in [-0.2, 0) is 4.74 Å². The Labute approximate surface area is 128 Å². The highest BCUT2D eigenvalue weighted by molar-refractivity contribution is 7.98. The molecule has 2 aromatic carbocycles. The molecule has 108 valence electrons. The molecule has 21 heavy (non-hydrogen) atoms. The van der Waals surface area contributed by atoms with Crippen molar-refractivity contribution in [2.24, 2.45) is 4.99 Å². The van der Waals surface area contributed by atoms with E-state index in [-0.39, 0.29) is 18.8 Å². The third kappa shape index (κ3) is 2.96. The summed E-state index contributed by atoms with van der Waals surface area (Å²) in [6.07, 6.45) is 1.83. The third-order valence-electron chi connectivity index (χ3n) is 3.52. The van der Waals surface area contributed by atoms with Gasteiger partial charge in [0.1, 0.15) is 6.04 Å². The van der Waals surface area contributed by atoms with E-state index in [1.807, 2.05) is 48.7 Å². The average molecular weight is 299 g/mol. The monoisotopic (exact) mass is 299 g/mol. The van der Waals surface area contributed by atoms with Crippen LogP contribution in [0.5, 0.6) is 0 Å². The van der Waals surface area contributed by atoms with Gasteiger partial charge < -0.3 is 9.84 Å². The molecule has 0 fully saturated rings. The smallest absolute Gasteiger partial charge is 0.217 e. The molecule has 2 aromatic rings. The van der Waals surface area contributed by atoms with Crippen molar-refractivity contribution in [2.45, 2.75) is 17.0 Å². The molecule has 3 rings (SSSR count). The molecule has 0 saturated carbocycles. The van der Waals surface area contributed by atoms with Crippen LogP contribution in [0.15, 0.2) is 64.5 Å². The van der Waals surface area contributed by atoms with Crippen molar-refractivity contribution >= 4 is 17.7 Å². The highest BCUT2D eigenvalue weighted by Gasteiger charge is 2.32. The first-order valence-corrected chi connectivity index (χ1v) is 8.09. The first-order chi connectivity index (χ1) is 10.3. The van der Waals surface area contributed by atoms with Gasteiger partial charge in [-0.15, -0.1) is 11.8 Å². The normalized spacial score (nSPS) is 21.0. The molecule has 0 saturated heterocycles. The van der Waals surface area contributed by atoms with Crippen molar-refractivity contribution in [3.63, 3.8) is 0 Å². The van der Waals surface area contributed by atoms with Crippen molar-refractivity contribution in [1.29, 1.82) is 0 Å². The second kappa shape index (κ2) is 6.33. The Hall–Kier alpha value is -1.78. The minimum Gasteiger partial charge on any atom is -0.467 e. The van der Waals surface area contributed by atoms with Gasteiger partial charge in [-0.2, -0.15) is 0 Å². The van der Waals surface area contributed by atoms with Crippen LogP contribution in [-0.4, -0.2) is 29.9 Å². The van der Waals surface area contributed by atoms with Crippen LogP contribution >= 0.6 is 11.8 Å². The SMILES string of the molecule is CSc1ccc([C@@H]2OC(c3ccccc3)=N[C@H]2CO)cc1. The predicted octanol–water partition coefficient (Wildman–Crippen LogP) is 3.29. The molecule has 0 aliphatic carbocycles. The second-order valence-corrected chi connectivity index (χ2v) is 5.74. The Morgan fingerprint density at radius 2 is 1.81 bits per heavy atom. The fraction of sp³-hybridized carbons (Fsp3) is 0.235. The largest absolute Gasteiger partial charge is 0.467 e. The van der Waals surface area contributed by atoms with Gasteiger partial charge in [0.2, 0.25) is 5.90 Å². The van der Waals surface area contributed by atoms with E-state index in [2.05, 4.69) is 17.1 Å². The van der Waals surface area contributed by atoms with Crippen molar-refractivity contribution in [2.75, 3.05) is 12.9 Å². The van der Waals surface area contributed by atoms with Gasteiger partial charge in [-0.3, -0.25) is 0 Å². The lowest BCUT2D eigenvalue weighted by atomic mass is 10.0. The minimum absolute atomic E-state index is 0.0225. The third-order valence-corrected chi connectivity index (χ3v) is 4.27. The minimum atomic E-state index is -0.250. The van der Waals surface area contributed by atoms with E-state index in [0.29, 0.717) is 5.90 Å². The lowest BCUT2D eigenvalue weighted by Gasteiger charge is -2.16. The number of aliphatic imine (C=N–C) groups is 1. The van der Waals surface area contributed by atoms with Gasteiger partial charge in [-0.1, -0.05) is 30.3 Å². The molecular weight excluding hydrogens is 282 g/mol. The number of thioether (sulfide) groups is 1. The highest BCUT2D eigenvalue weighted by atomic mass is 32.2. The standard InChI is InChI=1S/C17H17NO2S/c1-21-14-9-7-12(8-10-14)16-15(11-19)18-17(20-16)13-5-3-2-4-6-13/h2-10,15-16,19H,11H2,1H3/t15-,16-/m0/s1. The summed E-state index contributed by atoms with van der Waals surface area (Å²) in [6, 6.07) is 17.8. The molecule has 0 aromatic heterocycles. The Morgan fingerprint density at radius 1 is 1.10 bits per heavy atom. The summed E-state index contributed by atoms with van der Waals surface area (Å²) in [5.74, 6) is 0.605. The van der Waals surface area contributed by atoms with Crippen molar-refractivity contribution in [1.82, 2.24) is 0 Å². The Kier molecular flexibility index (Phi) is 4.27. The zero-order valence-electron chi connectivity index (χ0n) is 11.8. The number of ether oxygens (including phenoxy) is 1. The Morgan fingerprint density at radius 3 is 2.43 bits per heavy atom. The molecule has 3 nitrogen and oxygen atoms in total. The summed E-state index contributed by atoms with van der Waals surface area (Å²) in [7, 11) is 0. The number of aliphatic hydroxyl groups excluding tert-OH is 1. The summed E-state index contributed by atoms with van der Waals surface area (Å²) in [5.41, 5.74) is 1.99. The molecule has 2 atom stereocenters. The Balaban J connectivity index is 1.84. The molecular formula is C17H17NO2S.